The summed E-state index contributed by atoms with van der Waals surface area (Å²) in [4.78, 5) is 11.8. The van der Waals surface area contributed by atoms with E-state index in [1.165, 1.54) is 0 Å². The lowest BCUT2D eigenvalue weighted by molar-refractivity contribution is 0.0910. The highest BCUT2D eigenvalue weighted by Gasteiger charge is 2.09. The number of carbonyl (C=O) groups excluding carboxylic acids is 1. The Labute approximate surface area is 102 Å². The van der Waals surface area contributed by atoms with E-state index in [2.05, 4.69) is 5.32 Å². The molecule has 0 radical (unpaired) electrons. The molecule has 94 valence electrons. The van der Waals surface area contributed by atoms with Crippen LogP contribution >= 0.6 is 0 Å². The average molecular weight is 236 g/mol. The number of aryl methyl sites for hydroxylation is 1. The topological polar surface area (TPSA) is 75.3 Å². The summed E-state index contributed by atoms with van der Waals surface area (Å²) in [5.41, 5.74) is 7.80. The first-order chi connectivity index (χ1) is 8.04. The van der Waals surface area contributed by atoms with Crippen LogP contribution in [0.3, 0.4) is 0 Å². The van der Waals surface area contributed by atoms with Gasteiger partial charge in [0.1, 0.15) is 0 Å². The fraction of sp³-hybridized carbons (Fsp3) is 0.462. The lowest BCUT2D eigenvalue weighted by Gasteiger charge is -2.11. The number of nitrogens with two attached hydrogens (primary N) is 1. The van der Waals surface area contributed by atoms with Crippen molar-refractivity contribution in [2.24, 2.45) is 0 Å². The van der Waals surface area contributed by atoms with Crippen LogP contribution < -0.4 is 11.1 Å². The van der Waals surface area contributed by atoms with E-state index in [0.29, 0.717) is 17.7 Å². The highest BCUT2D eigenvalue weighted by molar-refractivity contribution is 5.94. The van der Waals surface area contributed by atoms with E-state index in [-0.39, 0.29) is 12.5 Å². The minimum atomic E-state index is -0.473. The molecule has 4 nitrogen and oxygen atoms in total. The van der Waals surface area contributed by atoms with Crippen molar-refractivity contribution >= 4 is 11.6 Å². The maximum atomic E-state index is 11.8. The highest BCUT2D eigenvalue weighted by Crippen LogP contribution is 2.12. The predicted octanol–water partition coefficient (Wildman–Crippen LogP) is 1.47. The van der Waals surface area contributed by atoms with Crippen LogP contribution in [0.1, 0.15) is 35.7 Å². The van der Waals surface area contributed by atoms with Crippen molar-refractivity contribution < 1.29 is 9.90 Å². The number of aliphatic hydroxyl groups excluding tert-OH is 1. The number of amides is 1. The molecule has 0 aliphatic heterocycles. The Morgan fingerprint density at radius 3 is 2.82 bits per heavy atom. The molecule has 0 fully saturated rings. The van der Waals surface area contributed by atoms with Crippen LogP contribution in [-0.2, 0) is 0 Å². The van der Waals surface area contributed by atoms with Gasteiger partial charge >= 0.3 is 0 Å². The third-order valence-electron chi connectivity index (χ3n) is 2.65. The van der Waals surface area contributed by atoms with Crippen LogP contribution in [0.2, 0.25) is 0 Å². The van der Waals surface area contributed by atoms with E-state index >= 15 is 0 Å². The van der Waals surface area contributed by atoms with Gasteiger partial charge < -0.3 is 16.2 Å². The largest absolute Gasteiger partial charge is 0.399 e. The van der Waals surface area contributed by atoms with E-state index in [0.717, 1.165) is 12.0 Å². The molecular formula is C13H20N2O2. The van der Waals surface area contributed by atoms with Crippen molar-refractivity contribution in [3.05, 3.63) is 29.3 Å². The van der Waals surface area contributed by atoms with E-state index < -0.39 is 6.10 Å². The molecule has 1 unspecified atom stereocenters. The highest BCUT2D eigenvalue weighted by atomic mass is 16.3. The molecule has 0 heterocycles. The fourth-order valence-electron chi connectivity index (χ4n) is 1.56. The second-order valence-corrected chi connectivity index (χ2v) is 4.22. The molecule has 0 saturated heterocycles. The van der Waals surface area contributed by atoms with Gasteiger partial charge in [-0.2, -0.15) is 0 Å². The summed E-state index contributed by atoms with van der Waals surface area (Å²) in [5.74, 6) is -0.178. The number of nitrogens with one attached hydrogen (secondary N) is 1. The lowest BCUT2D eigenvalue weighted by Crippen LogP contribution is -2.32. The first-order valence-electron chi connectivity index (χ1n) is 5.87. The second kappa shape index (κ2) is 6.25. The van der Waals surface area contributed by atoms with Gasteiger partial charge in [0.2, 0.25) is 0 Å². The Bertz CT molecular complexity index is 391. The van der Waals surface area contributed by atoms with Crippen molar-refractivity contribution in [3.63, 3.8) is 0 Å². The van der Waals surface area contributed by atoms with Gasteiger partial charge in [0.05, 0.1) is 6.10 Å². The van der Waals surface area contributed by atoms with E-state index in [4.69, 9.17) is 5.73 Å². The Morgan fingerprint density at radius 1 is 1.53 bits per heavy atom. The summed E-state index contributed by atoms with van der Waals surface area (Å²) in [5, 5.41) is 12.2. The SMILES string of the molecule is CCCC(O)CNC(=O)c1ccc(N)c(C)c1. The first kappa shape index (κ1) is 13.5. The molecular weight excluding hydrogens is 216 g/mol. The standard InChI is InChI=1S/C13H20N2O2/c1-3-4-11(16)8-15-13(17)10-5-6-12(14)9(2)7-10/h5-7,11,16H,3-4,8,14H2,1-2H3,(H,15,17). The molecule has 1 amide bonds. The molecule has 0 aromatic heterocycles. The number of benzene rings is 1. The molecule has 0 bridgehead atoms. The third-order valence-corrected chi connectivity index (χ3v) is 2.65. The smallest absolute Gasteiger partial charge is 0.251 e. The van der Waals surface area contributed by atoms with E-state index in [1.54, 1.807) is 18.2 Å². The molecule has 4 heteroatoms. The van der Waals surface area contributed by atoms with Crippen LogP contribution in [0.15, 0.2) is 18.2 Å². The number of rotatable bonds is 5. The van der Waals surface area contributed by atoms with Gasteiger partial charge in [0, 0.05) is 17.8 Å². The van der Waals surface area contributed by atoms with E-state index in [9.17, 15) is 9.90 Å². The van der Waals surface area contributed by atoms with Crippen LogP contribution in [0.4, 0.5) is 5.69 Å². The maximum absolute atomic E-state index is 11.8. The average Bonchev–Trinajstić information content (AvgIpc) is 2.30. The number of hydrogen-bond donors (Lipinski definition) is 3. The Balaban J connectivity index is 2.55. The fourth-order valence-corrected chi connectivity index (χ4v) is 1.56. The van der Waals surface area contributed by atoms with Crippen LogP contribution in [0.25, 0.3) is 0 Å². The zero-order chi connectivity index (χ0) is 12.8. The molecule has 0 aliphatic rings. The maximum Gasteiger partial charge on any atom is 0.251 e. The third kappa shape index (κ3) is 4.07. The molecule has 0 aliphatic carbocycles. The van der Waals surface area contributed by atoms with Gasteiger partial charge in [-0.15, -0.1) is 0 Å². The van der Waals surface area contributed by atoms with Crippen molar-refractivity contribution in [1.29, 1.82) is 0 Å². The number of anilines is 1. The molecule has 0 spiro atoms. The van der Waals surface area contributed by atoms with Crippen LogP contribution in [0.5, 0.6) is 0 Å². The Hall–Kier alpha value is -1.55. The summed E-state index contributed by atoms with van der Waals surface area (Å²) < 4.78 is 0. The normalized spacial score (nSPS) is 12.2. The Kier molecular flexibility index (Phi) is 4.97. The second-order valence-electron chi connectivity index (χ2n) is 4.22. The number of aliphatic hydroxyl groups is 1. The predicted molar refractivity (Wildman–Crippen MR) is 68.8 cm³/mol. The van der Waals surface area contributed by atoms with Crippen molar-refractivity contribution in [3.8, 4) is 0 Å². The van der Waals surface area contributed by atoms with Crippen molar-refractivity contribution in [2.45, 2.75) is 32.8 Å². The van der Waals surface area contributed by atoms with Crippen molar-refractivity contribution in [1.82, 2.24) is 5.32 Å². The van der Waals surface area contributed by atoms with Gasteiger partial charge in [-0.3, -0.25) is 4.79 Å². The minimum absolute atomic E-state index is 0.178. The summed E-state index contributed by atoms with van der Waals surface area (Å²) in [6.45, 7) is 4.14. The van der Waals surface area contributed by atoms with E-state index in [1.807, 2.05) is 13.8 Å². The van der Waals surface area contributed by atoms with Crippen molar-refractivity contribution in [2.75, 3.05) is 12.3 Å². The first-order valence-corrected chi connectivity index (χ1v) is 5.87. The van der Waals surface area contributed by atoms with Crippen LogP contribution in [0, 0.1) is 6.92 Å². The molecule has 0 saturated carbocycles. The van der Waals surface area contributed by atoms with Gasteiger partial charge in [0.15, 0.2) is 0 Å². The number of nitrogen functional groups attached to an aromatic ring is 1. The molecule has 1 rings (SSSR count). The molecule has 4 N–H and O–H groups in total. The quantitative estimate of drug-likeness (QED) is 0.678. The summed E-state index contributed by atoms with van der Waals surface area (Å²) in [6.07, 6.45) is 1.12. The number of carbonyl (C=O) groups is 1. The summed E-state index contributed by atoms with van der Waals surface area (Å²) >= 11 is 0. The number of hydrogen-bond acceptors (Lipinski definition) is 3. The molecule has 1 atom stereocenters. The minimum Gasteiger partial charge on any atom is -0.399 e. The van der Waals surface area contributed by atoms with Gasteiger partial charge in [0.25, 0.3) is 5.91 Å². The molecule has 1 aromatic carbocycles. The monoisotopic (exact) mass is 236 g/mol. The summed E-state index contributed by atoms with van der Waals surface area (Å²) in [7, 11) is 0. The zero-order valence-corrected chi connectivity index (χ0v) is 10.4. The lowest BCUT2D eigenvalue weighted by atomic mass is 10.1. The van der Waals surface area contributed by atoms with Gasteiger partial charge in [-0.05, 0) is 37.1 Å². The van der Waals surface area contributed by atoms with Gasteiger partial charge in [-0.25, -0.2) is 0 Å². The molecule has 1 aromatic rings. The van der Waals surface area contributed by atoms with Gasteiger partial charge in [-0.1, -0.05) is 13.3 Å². The molecule has 17 heavy (non-hydrogen) atoms. The Morgan fingerprint density at radius 2 is 2.24 bits per heavy atom. The zero-order valence-electron chi connectivity index (χ0n) is 10.4. The summed E-state index contributed by atoms with van der Waals surface area (Å²) in [6, 6.07) is 5.15. The van der Waals surface area contributed by atoms with Crippen LogP contribution in [-0.4, -0.2) is 23.7 Å².